The van der Waals surface area contributed by atoms with Gasteiger partial charge in [0.2, 0.25) is 0 Å². The third kappa shape index (κ3) is 6.80. The van der Waals surface area contributed by atoms with Crippen LogP contribution >= 0.6 is 0 Å². The summed E-state index contributed by atoms with van der Waals surface area (Å²) < 4.78 is -0.132. The van der Waals surface area contributed by atoms with Gasteiger partial charge in [-0.3, -0.25) is 0 Å². The number of imide groups is 1. The zero-order valence-electron chi connectivity index (χ0n) is 12.2. The van der Waals surface area contributed by atoms with E-state index < -0.39 is 0 Å². The van der Waals surface area contributed by atoms with E-state index in [2.05, 4.69) is 5.32 Å². The Balaban J connectivity index is 2.05. The van der Waals surface area contributed by atoms with Gasteiger partial charge >= 0.3 is 122 Å². The molecule has 0 aliphatic carbocycles. The molecule has 0 radical (unpaired) electrons. The monoisotopic (exact) mass is 494 g/mol. The second kappa shape index (κ2) is 9.43. The number of likely N-dealkylation sites (N-methyl/N-ethyl adjacent to an activating group) is 1. The molecule has 120 valence electrons. The Morgan fingerprint density at radius 1 is 1.43 bits per heavy atom. The number of rotatable bonds is 9. The predicted molar refractivity (Wildman–Crippen MR) is 71.0 cm³/mol. The van der Waals surface area contributed by atoms with Crippen LogP contribution in [0.1, 0.15) is 32.1 Å². The summed E-state index contributed by atoms with van der Waals surface area (Å²) >= 11 is 1.36. The van der Waals surface area contributed by atoms with Crippen molar-refractivity contribution in [2.45, 2.75) is 35.7 Å². The fraction of sp³-hybridized carbons (Fsp3) is 0.769. The van der Waals surface area contributed by atoms with E-state index in [-0.39, 0.29) is 21.3 Å². The fourth-order valence-corrected chi connectivity index (χ4v) is 3.03. The molecule has 1 fully saturated rings. The molecule has 0 aromatic rings. The number of carbonyl (C=O) groups is 3. The van der Waals surface area contributed by atoms with Gasteiger partial charge in [-0.1, -0.05) is 0 Å². The molecule has 8 heteroatoms. The number of hydrogen-bond acceptors (Lipinski definition) is 5. The maximum atomic E-state index is 11.7. The van der Waals surface area contributed by atoms with Crippen LogP contribution in [0, 0.1) is 24.7 Å². The molecule has 7 nitrogen and oxygen atoms in total. The summed E-state index contributed by atoms with van der Waals surface area (Å²) in [4.78, 5) is 36.1. The zero-order valence-corrected chi connectivity index (χ0v) is 15.1. The van der Waals surface area contributed by atoms with Crippen LogP contribution in [-0.2, 0) is 14.4 Å². The van der Waals surface area contributed by atoms with Crippen molar-refractivity contribution in [3.05, 3.63) is 0 Å². The van der Waals surface area contributed by atoms with Crippen molar-refractivity contribution in [3.8, 4) is 0 Å². The minimum atomic E-state index is -0.132. The van der Waals surface area contributed by atoms with Gasteiger partial charge < -0.3 is 5.21 Å². The van der Waals surface area contributed by atoms with Crippen molar-refractivity contribution in [3.63, 3.8) is 0 Å². The van der Waals surface area contributed by atoms with Gasteiger partial charge in [0.05, 0.1) is 0 Å². The molecule has 3 amide bonds. The first-order valence-corrected chi connectivity index (χ1v) is 8.76. The zero-order chi connectivity index (χ0) is 15.8. The molecule has 0 aromatic carbocycles. The third-order valence-corrected chi connectivity index (χ3v) is 4.56. The number of nitrogens with zero attached hydrogens (tertiary/aromatic N) is 2. The standard InChI is InChI=1S/C13H22AtN3O4/c1-16(21)8-6-15-11(18)5-3-2-4-7-17-12(19)9-10(14)13(17)20/h10,21H,2-9H2,1H3,(H,15,18). The Morgan fingerprint density at radius 2 is 2.14 bits per heavy atom. The van der Waals surface area contributed by atoms with Gasteiger partial charge in [-0.15, -0.1) is 0 Å². The van der Waals surface area contributed by atoms with Crippen molar-refractivity contribution in [2.24, 2.45) is 0 Å². The van der Waals surface area contributed by atoms with Gasteiger partial charge in [-0.05, 0) is 0 Å². The van der Waals surface area contributed by atoms with Gasteiger partial charge in [0.25, 0.3) is 0 Å². The quantitative estimate of drug-likeness (QED) is 0.269. The van der Waals surface area contributed by atoms with E-state index in [1.807, 2.05) is 0 Å². The van der Waals surface area contributed by atoms with Crippen LogP contribution < -0.4 is 5.32 Å². The molecule has 1 unspecified atom stereocenters. The first-order chi connectivity index (χ1) is 9.91. The molecule has 2 N–H and O–H groups in total. The van der Waals surface area contributed by atoms with Crippen LogP contribution in [0.2, 0.25) is 3.63 Å². The molecule has 21 heavy (non-hydrogen) atoms. The van der Waals surface area contributed by atoms with E-state index in [0.717, 1.165) is 24.3 Å². The summed E-state index contributed by atoms with van der Waals surface area (Å²) in [6.45, 7) is 1.28. The summed E-state index contributed by atoms with van der Waals surface area (Å²) in [5.74, 6) is -0.165. The summed E-state index contributed by atoms with van der Waals surface area (Å²) in [6.07, 6.45) is 3.05. The van der Waals surface area contributed by atoms with Crippen molar-refractivity contribution in [1.82, 2.24) is 15.3 Å². The normalized spacial score (nSPS) is 18.7. The van der Waals surface area contributed by atoms with Crippen LogP contribution in [0.15, 0.2) is 0 Å². The SMILES string of the molecule is CN(O)CCNC(=O)CCCCCN1C(=O)CC([At])C1=O. The predicted octanol–water partition coefficient (Wildman–Crippen LogP) is 0.0807. The van der Waals surface area contributed by atoms with E-state index in [1.165, 1.54) is 36.7 Å². The summed E-state index contributed by atoms with van der Waals surface area (Å²) in [5.41, 5.74) is 0. The molecule has 1 aliphatic heterocycles. The number of likely N-dealkylation sites (tertiary alicyclic amines) is 1. The average molecular weight is 494 g/mol. The maximum absolute atomic E-state index is 11.7. The summed E-state index contributed by atoms with van der Waals surface area (Å²) in [6, 6.07) is 0. The van der Waals surface area contributed by atoms with Gasteiger partial charge in [0.15, 0.2) is 0 Å². The summed E-state index contributed by atoms with van der Waals surface area (Å²) in [5, 5.41) is 12.6. The first kappa shape index (κ1) is 18.5. The second-order valence-electron chi connectivity index (χ2n) is 5.10. The first-order valence-electron chi connectivity index (χ1n) is 7.07. The van der Waals surface area contributed by atoms with Crippen molar-refractivity contribution < 1.29 is 44.3 Å². The molecule has 1 atom stereocenters. The van der Waals surface area contributed by atoms with Crippen molar-refractivity contribution in [2.75, 3.05) is 26.7 Å². The number of unbranched alkanes of at least 4 members (excludes halogenated alkanes) is 2. The van der Waals surface area contributed by atoms with Crippen LogP contribution in [-0.4, -0.2) is 59.6 Å². The molecule has 0 aromatic heterocycles. The topological polar surface area (TPSA) is 89.9 Å². The molecule has 0 saturated carbocycles. The number of nitrogens with one attached hydrogen (secondary N) is 1. The average Bonchev–Trinajstić information content (AvgIpc) is 2.64. The van der Waals surface area contributed by atoms with E-state index in [1.54, 1.807) is 0 Å². The van der Waals surface area contributed by atoms with Gasteiger partial charge in [0.1, 0.15) is 0 Å². The van der Waals surface area contributed by atoms with Crippen molar-refractivity contribution >= 4 is 17.7 Å². The Kier molecular flexibility index (Phi) is 8.29. The third-order valence-electron chi connectivity index (χ3n) is 3.23. The van der Waals surface area contributed by atoms with E-state index in [0.29, 0.717) is 32.5 Å². The van der Waals surface area contributed by atoms with Crippen LogP contribution in [0.25, 0.3) is 0 Å². The number of hydrogen-bond donors (Lipinski definition) is 2. The fourth-order valence-electron chi connectivity index (χ4n) is 2.06. The molecule has 1 aliphatic rings. The van der Waals surface area contributed by atoms with Gasteiger partial charge in [0, 0.05) is 7.05 Å². The molecule has 0 spiro atoms. The molecule has 1 rings (SSSR count). The molecule has 0 bridgehead atoms. The second-order valence-corrected chi connectivity index (χ2v) is 7.15. The van der Waals surface area contributed by atoms with Crippen molar-refractivity contribution in [1.29, 1.82) is 0 Å². The van der Waals surface area contributed by atoms with E-state index in [9.17, 15) is 14.4 Å². The van der Waals surface area contributed by atoms with Gasteiger partial charge in [-0.2, -0.15) is 5.06 Å². The van der Waals surface area contributed by atoms with E-state index >= 15 is 0 Å². The number of carbonyl (C=O) groups excluding carboxylic acids is 3. The van der Waals surface area contributed by atoms with Crippen LogP contribution in [0.3, 0.4) is 0 Å². The molecular formula is C13H22AtN3O4. The Labute approximate surface area is 139 Å². The Morgan fingerprint density at radius 3 is 2.71 bits per heavy atom. The molecular weight excluding hydrogens is 472 g/mol. The molecule has 1 saturated heterocycles. The number of hydroxylamine groups is 2. The number of amides is 3. The minimum absolute atomic E-state index is 0.0406. The molecule has 1 heterocycles. The Hall–Kier alpha value is -0.587. The Bertz CT molecular complexity index is 390. The van der Waals surface area contributed by atoms with Crippen LogP contribution in [0.4, 0.5) is 0 Å². The summed E-state index contributed by atoms with van der Waals surface area (Å²) in [7, 11) is 1.52. The van der Waals surface area contributed by atoms with Gasteiger partial charge in [-0.25, -0.2) is 0 Å². The van der Waals surface area contributed by atoms with Crippen LogP contribution in [0.5, 0.6) is 0 Å². The van der Waals surface area contributed by atoms with E-state index in [4.69, 9.17) is 5.21 Å².